The van der Waals surface area contributed by atoms with E-state index in [-0.39, 0.29) is 40.9 Å². The van der Waals surface area contributed by atoms with E-state index in [0.29, 0.717) is 24.3 Å². The van der Waals surface area contributed by atoms with Crippen LogP contribution < -0.4 is 29.6 Å². The zero-order valence-electron chi connectivity index (χ0n) is 27.5. The average molecular weight is 823 g/mol. The molecule has 5 aromatic carbocycles. The molecule has 25 nitrogen and oxygen atoms in total. The van der Waals surface area contributed by atoms with E-state index in [1.165, 1.54) is 0 Å². The normalized spacial score (nSPS) is 12.0. The fourth-order valence-electron chi connectivity index (χ4n) is 4.54. The minimum absolute atomic E-state index is 0. The molecule has 5 aromatic rings. The van der Waals surface area contributed by atoms with Gasteiger partial charge in [-0.15, -0.1) is 25.6 Å². The number of aromatic hydroxyl groups is 4. The Bertz CT molecular complexity index is 2790. The van der Waals surface area contributed by atoms with E-state index < -0.39 is 118 Å². The molecule has 0 saturated heterocycles. The van der Waals surface area contributed by atoms with Crippen LogP contribution in [0.4, 0.5) is 51.2 Å². The number of azo groups is 3. The molecule has 56 heavy (non-hydrogen) atoms. The quantitative estimate of drug-likeness (QED) is 0.0358. The maximum Gasteiger partial charge on any atom is 1.00 e. The van der Waals surface area contributed by atoms with Crippen molar-refractivity contribution in [2.75, 3.05) is 0 Å². The first-order chi connectivity index (χ1) is 25.6. The monoisotopic (exact) mass is 822 g/mol. The Balaban J connectivity index is 0.00000696. The molecular weight excluding hydrogens is 805 g/mol. The zero-order chi connectivity index (χ0) is 40.6. The molecule has 0 radical (unpaired) electrons. The summed E-state index contributed by atoms with van der Waals surface area (Å²) in [5, 5.41) is 98.1. The first-order valence-corrected chi connectivity index (χ1v) is 17.0. The van der Waals surface area contributed by atoms with Crippen molar-refractivity contribution < 1.29 is 90.7 Å². The predicted molar refractivity (Wildman–Crippen MR) is 182 cm³/mol. The molecule has 0 spiro atoms. The average Bonchev–Trinajstić information content (AvgIpc) is 3.10. The van der Waals surface area contributed by atoms with Crippen LogP contribution in [-0.2, 0) is 20.2 Å². The molecule has 0 aliphatic heterocycles. The van der Waals surface area contributed by atoms with E-state index in [4.69, 9.17) is 0 Å². The van der Waals surface area contributed by atoms with Crippen LogP contribution in [-0.4, -0.2) is 61.1 Å². The number of nitrogens with zero attached hydrogens (tertiary/aromatic N) is 9. The van der Waals surface area contributed by atoms with E-state index in [9.17, 15) is 76.7 Å². The number of fused-ring (bicyclic) bond motifs is 1. The van der Waals surface area contributed by atoms with Crippen molar-refractivity contribution in [2.24, 2.45) is 30.7 Å². The largest absolute Gasteiger partial charge is 1.00 e. The van der Waals surface area contributed by atoms with Crippen molar-refractivity contribution in [2.45, 2.75) is 9.79 Å². The number of nitro benzene ring substituents is 3. The molecule has 0 aliphatic rings. The number of phenolic OH excluding ortho intramolecular Hbond substituents is 4. The van der Waals surface area contributed by atoms with E-state index in [1.807, 2.05) is 0 Å². The smallest absolute Gasteiger partial charge is 0.507 e. The van der Waals surface area contributed by atoms with Gasteiger partial charge >= 0.3 is 35.2 Å². The fraction of sp³-hybridized carbons (Fsp3) is 0. The summed E-state index contributed by atoms with van der Waals surface area (Å²) in [6, 6.07) is 8.77. The second kappa shape index (κ2) is 16.0. The number of hydrogen-bond donors (Lipinski definition) is 6. The summed E-state index contributed by atoms with van der Waals surface area (Å²) in [6.07, 6.45) is 0. The van der Waals surface area contributed by atoms with Crippen LogP contribution in [0.5, 0.6) is 23.0 Å². The summed E-state index contributed by atoms with van der Waals surface area (Å²) >= 11 is 0. The van der Waals surface area contributed by atoms with Crippen LogP contribution in [0, 0.1) is 30.3 Å². The minimum Gasteiger partial charge on any atom is -0.507 e. The van der Waals surface area contributed by atoms with Crippen LogP contribution in [0.15, 0.2) is 107 Å². The third kappa shape index (κ3) is 9.01. The number of hydrogen-bond acceptors (Lipinski definition) is 20. The molecule has 0 aromatic heterocycles. The summed E-state index contributed by atoms with van der Waals surface area (Å²) in [7, 11) is -10.0. The number of rotatable bonds is 11. The van der Waals surface area contributed by atoms with E-state index in [1.54, 1.807) is 0 Å². The summed E-state index contributed by atoms with van der Waals surface area (Å²) in [6.45, 7) is 0. The first-order valence-electron chi connectivity index (χ1n) is 14.2. The van der Waals surface area contributed by atoms with Crippen molar-refractivity contribution in [1.29, 1.82) is 0 Å². The third-order valence-electron chi connectivity index (χ3n) is 7.08. The fourth-order valence-corrected chi connectivity index (χ4v) is 5.61. The second-order valence-electron chi connectivity index (χ2n) is 10.6. The maximum atomic E-state index is 12.0. The predicted octanol–water partition coefficient (Wildman–Crippen LogP) is 4.13. The molecule has 0 saturated carbocycles. The maximum absolute atomic E-state index is 12.0. The Labute approximate surface area is 331 Å². The van der Waals surface area contributed by atoms with Gasteiger partial charge in [-0.25, -0.2) is 0 Å². The molecule has 5 rings (SSSR count). The van der Waals surface area contributed by atoms with Crippen molar-refractivity contribution in [3.05, 3.63) is 97.1 Å². The first kappa shape index (κ1) is 42.1. The van der Waals surface area contributed by atoms with Gasteiger partial charge in [0.15, 0.2) is 17.2 Å². The Morgan fingerprint density at radius 1 is 0.518 bits per heavy atom. The number of phenols is 4. The van der Waals surface area contributed by atoms with Gasteiger partial charge in [-0.3, -0.25) is 39.4 Å². The molecule has 0 amide bonds. The van der Waals surface area contributed by atoms with E-state index >= 15 is 0 Å². The molecule has 0 bridgehead atoms. The van der Waals surface area contributed by atoms with E-state index in [2.05, 4.69) is 30.7 Å². The van der Waals surface area contributed by atoms with Crippen LogP contribution >= 0.6 is 0 Å². The topological polar surface area (TPSA) is 393 Å². The summed E-state index contributed by atoms with van der Waals surface area (Å²) in [5.74, 6) is -4.18. The number of nitro groups is 3. The Morgan fingerprint density at radius 3 is 1.48 bits per heavy atom. The molecule has 282 valence electrons. The number of non-ortho nitro benzene ring substituents is 2. The van der Waals surface area contributed by atoms with Crippen molar-refractivity contribution in [1.82, 2.24) is 0 Å². The summed E-state index contributed by atoms with van der Waals surface area (Å²) in [5.41, 5.74) is -6.22. The molecule has 28 heteroatoms. The van der Waals surface area contributed by atoms with Gasteiger partial charge in [0.25, 0.3) is 31.6 Å². The SMILES string of the molecule is O=[N+]([O-])c1ccc(N=Nc2c(O)c(N=Nc3cc([N+](=O)[O-])cc([N+](=O)[O-])c3O)cc(N=Nc3cc(S(=O)(=O)O)cc4cc(S(=O)(=O)O)cc(O)c34)c2O)cc1.[Na+]. The van der Waals surface area contributed by atoms with Gasteiger partial charge < -0.3 is 20.4 Å². The Hall–Kier alpha value is -6.62. The van der Waals surface area contributed by atoms with Gasteiger partial charge in [-0.05, 0) is 35.7 Å². The van der Waals surface area contributed by atoms with Gasteiger partial charge in [0.2, 0.25) is 5.75 Å². The molecule has 0 unspecified atom stereocenters. The molecule has 0 fully saturated rings. The molecule has 0 aliphatic carbocycles. The zero-order valence-corrected chi connectivity index (χ0v) is 31.1. The van der Waals surface area contributed by atoms with Crippen molar-refractivity contribution in [3.8, 4) is 23.0 Å². The number of benzene rings is 5. The Kier molecular flexibility index (Phi) is 12.0. The molecule has 6 N–H and O–H groups in total. The molecule has 0 atom stereocenters. The van der Waals surface area contributed by atoms with Gasteiger partial charge in [-0.2, -0.15) is 21.9 Å². The van der Waals surface area contributed by atoms with Crippen molar-refractivity contribution >= 4 is 82.2 Å². The van der Waals surface area contributed by atoms with Gasteiger partial charge in [0, 0.05) is 30.3 Å². The second-order valence-corrected chi connectivity index (χ2v) is 13.5. The van der Waals surface area contributed by atoms with Crippen LogP contribution in [0.25, 0.3) is 10.8 Å². The van der Waals surface area contributed by atoms with Gasteiger partial charge in [0.1, 0.15) is 22.8 Å². The Morgan fingerprint density at radius 2 is 1.00 bits per heavy atom. The van der Waals surface area contributed by atoms with Crippen molar-refractivity contribution in [3.63, 3.8) is 0 Å². The summed E-state index contributed by atoms with van der Waals surface area (Å²) < 4.78 is 66.7. The van der Waals surface area contributed by atoms with Crippen LogP contribution in [0.1, 0.15) is 0 Å². The van der Waals surface area contributed by atoms with Crippen LogP contribution in [0.2, 0.25) is 0 Å². The molecule has 0 heterocycles. The van der Waals surface area contributed by atoms with Crippen LogP contribution in [0.3, 0.4) is 0 Å². The molecular formula is C28H17N9NaO16S2+. The van der Waals surface area contributed by atoms with Gasteiger partial charge in [0.05, 0.1) is 47.4 Å². The minimum atomic E-state index is -5.06. The third-order valence-corrected chi connectivity index (χ3v) is 8.74. The van der Waals surface area contributed by atoms with E-state index in [0.717, 1.165) is 42.5 Å². The van der Waals surface area contributed by atoms with Gasteiger partial charge in [-0.1, -0.05) is 0 Å². The standard InChI is InChI=1S/C28H17N9O16S2.Na/c38-23-10-17(55(51,52)53)6-12-5-16(54(48,49)50)9-18(24(12)23)30-32-20-11-21(33-31-19-7-15(36(44)45)8-22(26(19)39)37(46)47)28(41)25(27(20)40)34-29-13-1-3-14(4-2-13)35(42)43;/h1-11,38-41H,(H,48,49,50)(H,51,52,53);/q;+1. The summed E-state index contributed by atoms with van der Waals surface area (Å²) in [4.78, 5) is 29.0.